The third kappa shape index (κ3) is 3.94. The Hall–Kier alpha value is -2.13. The van der Waals surface area contributed by atoms with Gasteiger partial charge in [-0.3, -0.25) is 0 Å². The minimum Gasteiger partial charge on any atom is -0.453 e. The van der Waals surface area contributed by atoms with E-state index in [2.05, 4.69) is 4.98 Å². The minimum absolute atomic E-state index is 0.00900. The topological polar surface area (TPSA) is 40.6 Å². The lowest BCUT2D eigenvalue weighted by atomic mass is 9.79. The van der Waals surface area contributed by atoms with Crippen LogP contribution in [0.3, 0.4) is 0 Å². The third-order valence-electron chi connectivity index (χ3n) is 4.74. The van der Waals surface area contributed by atoms with E-state index in [9.17, 15) is 17.6 Å². The van der Waals surface area contributed by atoms with Gasteiger partial charge in [-0.15, -0.1) is 0 Å². The summed E-state index contributed by atoms with van der Waals surface area (Å²) < 4.78 is 69.0. The highest BCUT2D eigenvalue weighted by molar-refractivity contribution is 6.62. The van der Waals surface area contributed by atoms with Crippen molar-refractivity contribution in [1.82, 2.24) is 4.98 Å². The molecule has 2 heterocycles. The molecule has 1 aliphatic heterocycles. The van der Waals surface area contributed by atoms with E-state index in [4.69, 9.17) is 14.0 Å². The van der Waals surface area contributed by atoms with Crippen LogP contribution in [-0.2, 0) is 15.5 Å². The van der Waals surface area contributed by atoms with Crippen LogP contribution in [0.25, 0.3) is 0 Å². The van der Waals surface area contributed by atoms with Crippen LogP contribution in [-0.4, -0.2) is 23.3 Å². The SMILES string of the molecule is CC1(C)OB(c2ccc(Oc3ccc(C(F)(F)F)nc3)c(F)c2)OC1(C)C. The van der Waals surface area contributed by atoms with E-state index in [1.54, 1.807) is 6.07 Å². The molecule has 3 rings (SSSR count). The second-order valence-electron chi connectivity index (χ2n) is 7.26. The molecule has 1 fully saturated rings. The molecule has 27 heavy (non-hydrogen) atoms. The van der Waals surface area contributed by atoms with Gasteiger partial charge in [0.2, 0.25) is 0 Å². The molecule has 0 spiro atoms. The molecule has 0 unspecified atom stereocenters. The number of nitrogens with zero attached hydrogens (tertiary/aromatic N) is 1. The molecule has 144 valence electrons. The Morgan fingerprint density at radius 2 is 1.63 bits per heavy atom. The van der Waals surface area contributed by atoms with E-state index in [0.29, 0.717) is 5.46 Å². The predicted octanol–water partition coefficient (Wildman–Crippen LogP) is 4.33. The fourth-order valence-electron chi connectivity index (χ4n) is 2.46. The van der Waals surface area contributed by atoms with Gasteiger partial charge in [0, 0.05) is 0 Å². The quantitative estimate of drug-likeness (QED) is 0.585. The van der Waals surface area contributed by atoms with E-state index in [1.165, 1.54) is 12.1 Å². The summed E-state index contributed by atoms with van der Waals surface area (Å²) in [5.41, 5.74) is -1.69. The van der Waals surface area contributed by atoms with Crippen LogP contribution in [0.15, 0.2) is 36.5 Å². The second-order valence-corrected chi connectivity index (χ2v) is 7.26. The average molecular weight is 383 g/mol. The maximum atomic E-state index is 14.4. The lowest BCUT2D eigenvalue weighted by Crippen LogP contribution is -2.41. The molecule has 1 saturated heterocycles. The van der Waals surface area contributed by atoms with Crippen molar-refractivity contribution in [2.75, 3.05) is 0 Å². The zero-order valence-electron chi connectivity index (χ0n) is 15.2. The highest BCUT2D eigenvalue weighted by Gasteiger charge is 2.51. The Morgan fingerprint density at radius 3 is 2.11 bits per heavy atom. The van der Waals surface area contributed by atoms with Crippen LogP contribution in [0.5, 0.6) is 11.5 Å². The van der Waals surface area contributed by atoms with Crippen LogP contribution in [0.2, 0.25) is 0 Å². The lowest BCUT2D eigenvalue weighted by molar-refractivity contribution is -0.141. The van der Waals surface area contributed by atoms with Gasteiger partial charge in [0.1, 0.15) is 11.4 Å². The van der Waals surface area contributed by atoms with Crippen molar-refractivity contribution in [3.05, 3.63) is 48.0 Å². The van der Waals surface area contributed by atoms with Crippen molar-refractivity contribution in [3.8, 4) is 11.5 Å². The molecule has 2 aromatic rings. The maximum absolute atomic E-state index is 14.4. The summed E-state index contributed by atoms with van der Waals surface area (Å²) in [6.07, 6.45) is -3.65. The van der Waals surface area contributed by atoms with Crippen LogP contribution >= 0.6 is 0 Å². The number of benzene rings is 1. The number of aromatic nitrogens is 1. The number of halogens is 4. The van der Waals surface area contributed by atoms with Crippen LogP contribution < -0.4 is 10.2 Å². The van der Waals surface area contributed by atoms with Gasteiger partial charge in [0.05, 0.1) is 17.4 Å². The van der Waals surface area contributed by atoms with Gasteiger partial charge in [-0.05, 0) is 57.4 Å². The summed E-state index contributed by atoms with van der Waals surface area (Å²) in [7, 11) is -0.730. The minimum atomic E-state index is -4.55. The summed E-state index contributed by atoms with van der Waals surface area (Å²) in [5, 5.41) is 0. The molecule has 1 aliphatic rings. The Bertz CT molecular complexity index is 821. The van der Waals surface area contributed by atoms with E-state index < -0.39 is 36.0 Å². The standard InChI is InChI=1S/C18H18BF4NO3/c1-16(2)17(3,4)27-19(26-16)11-5-7-14(13(20)9-11)25-12-6-8-15(24-10-12)18(21,22)23/h5-10H,1-4H3. The monoisotopic (exact) mass is 383 g/mol. The number of pyridine rings is 1. The first-order valence-corrected chi connectivity index (χ1v) is 8.25. The number of alkyl halides is 3. The van der Waals surface area contributed by atoms with Gasteiger partial charge in [-0.25, -0.2) is 9.37 Å². The molecular formula is C18H18BF4NO3. The molecular weight excluding hydrogens is 365 g/mol. The van der Waals surface area contributed by atoms with E-state index in [1.807, 2.05) is 27.7 Å². The third-order valence-corrected chi connectivity index (χ3v) is 4.74. The van der Waals surface area contributed by atoms with Gasteiger partial charge in [-0.2, -0.15) is 13.2 Å². The Labute approximate surface area is 154 Å². The van der Waals surface area contributed by atoms with Crippen molar-refractivity contribution in [2.45, 2.75) is 45.1 Å². The highest BCUT2D eigenvalue weighted by Crippen LogP contribution is 2.37. The highest BCUT2D eigenvalue weighted by atomic mass is 19.4. The zero-order chi connectivity index (χ0) is 20.0. The first kappa shape index (κ1) is 19.6. The number of ether oxygens (including phenoxy) is 1. The molecule has 0 N–H and O–H groups in total. The summed E-state index contributed by atoms with van der Waals surface area (Å²) in [4.78, 5) is 3.28. The summed E-state index contributed by atoms with van der Waals surface area (Å²) in [6, 6.07) is 6.02. The van der Waals surface area contributed by atoms with Crippen LogP contribution in [0.1, 0.15) is 33.4 Å². The largest absolute Gasteiger partial charge is 0.494 e. The number of hydrogen-bond donors (Lipinski definition) is 0. The molecule has 0 atom stereocenters. The molecule has 0 bridgehead atoms. The van der Waals surface area contributed by atoms with Gasteiger partial charge in [-0.1, -0.05) is 6.07 Å². The van der Waals surface area contributed by atoms with Gasteiger partial charge < -0.3 is 14.0 Å². The summed E-state index contributed by atoms with van der Waals surface area (Å²) in [6.45, 7) is 7.55. The van der Waals surface area contributed by atoms with Gasteiger partial charge in [0.25, 0.3) is 0 Å². The Kier molecular flexibility index (Phi) is 4.72. The van der Waals surface area contributed by atoms with E-state index >= 15 is 0 Å². The molecule has 1 aromatic carbocycles. The van der Waals surface area contributed by atoms with Crippen molar-refractivity contribution in [1.29, 1.82) is 0 Å². The van der Waals surface area contributed by atoms with E-state index in [-0.39, 0.29) is 11.5 Å². The molecule has 0 saturated carbocycles. The molecule has 0 radical (unpaired) electrons. The fourth-order valence-corrected chi connectivity index (χ4v) is 2.46. The maximum Gasteiger partial charge on any atom is 0.494 e. The molecule has 0 amide bonds. The first-order chi connectivity index (χ1) is 12.4. The summed E-state index contributed by atoms with van der Waals surface area (Å²) in [5.74, 6) is -0.843. The number of rotatable bonds is 3. The van der Waals surface area contributed by atoms with E-state index in [0.717, 1.165) is 18.3 Å². The average Bonchev–Trinajstić information content (AvgIpc) is 2.77. The van der Waals surface area contributed by atoms with Gasteiger partial charge in [0.15, 0.2) is 11.6 Å². The van der Waals surface area contributed by atoms with Crippen molar-refractivity contribution in [3.63, 3.8) is 0 Å². The predicted molar refractivity (Wildman–Crippen MR) is 91.4 cm³/mol. The fraction of sp³-hybridized carbons (Fsp3) is 0.389. The molecule has 9 heteroatoms. The van der Waals surface area contributed by atoms with Crippen molar-refractivity contribution < 1.29 is 31.6 Å². The van der Waals surface area contributed by atoms with Crippen molar-refractivity contribution >= 4 is 12.6 Å². The smallest absolute Gasteiger partial charge is 0.453 e. The van der Waals surface area contributed by atoms with Crippen molar-refractivity contribution in [2.24, 2.45) is 0 Å². The summed E-state index contributed by atoms with van der Waals surface area (Å²) >= 11 is 0. The lowest BCUT2D eigenvalue weighted by Gasteiger charge is -2.32. The van der Waals surface area contributed by atoms with Crippen LogP contribution in [0, 0.1) is 5.82 Å². The molecule has 1 aromatic heterocycles. The van der Waals surface area contributed by atoms with Gasteiger partial charge >= 0.3 is 13.3 Å². The second kappa shape index (κ2) is 6.49. The van der Waals surface area contributed by atoms with Crippen LogP contribution in [0.4, 0.5) is 17.6 Å². The number of hydrogen-bond acceptors (Lipinski definition) is 4. The Morgan fingerprint density at radius 1 is 1.00 bits per heavy atom. The normalized spacial score (nSPS) is 18.6. The Balaban J connectivity index is 1.76. The molecule has 0 aliphatic carbocycles. The first-order valence-electron chi connectivity index (χ1n) is 8.25. The molecule has 4 nitrogen and oxygen atoms in total. The zero-order valence-corrected chi connectivity index (χ0v) is 15.2.